The molecule has 0 spiro atoms. The second-order valence-corrected chi connectivity index (χ2v) is 10.3. The molecule has 40 heavy (non-hydrogen) atoms. The van der Waals surface area contributed by atoms with E-state index >= 15 is 0 Å². The number of alkyl halides is 3. The van der Waals surface area contributed by atoms with Crippen molar-refractivity contribution in [2.24, 2.45) is 5.92 Å². The number of hydrogen-bond acceptors (Lipinski definition) is 3. The van der Waals surface area contributed by atoms with Crippen LogP contribution in [0.2, 0.25) is 0 Å². The number of benzene rings is 1. The van der Waals surface area contributed by atoms with Crippen LogP contribution in [-0.4, -0.2) is 25.4 Å². The van der Waals surface area contributed by atoms with Crippen LogP contribution in [0.3, 0.4) is 0 Å². The highest BCUT2D eigenvalue weighted by molar-refractivity contribution is 5.83. The maximum atomic E-state index is 14.1. The molecule has 0 amide bonds. The first-order valence-corrected chi connectivity index (χ1v) is 14.6. The lowest BCUT2D eigenvalue weighted by atomic mass is 9.92. The molecule has 0 aliphatic rings. The first-order valence-electron chi connectivity index (χ1n) is 14.6. The molecule has 0 unspecified atom stereocenters. The zero-order valence-corrected chi connectivity index (χ0v) is 24.6. The van der Waals surface area contributed by atoms with Gasteiger partial charge in [-0.3, -0.25) is 0 Å². The maximum Gasteiger partial charge on any atom is 0.432 e. The number of methoxy groups -OCH3 is 1. The average Bonchev–Trinajstić information content (AvgIpc) is 2.92. The van der Waals surface area contributed by atoms with Crippen LogP contribution >= 0.6 is 0 Å². The van der Waals surface area contributed by atoms with Gasteiger partial charge in [0.15, 0.2) is 6.10 Å². The Morgan fingerprint density at radius 3 is 1.82 bits per heavy atom. The van der Waals surface area contributed by atoms with Crippen molar-refractivity contribution in [1.29, 1.82) is 0 Å². The second-order valence-electron chi connectivity index (χ2n) is 10.3. The van der Waals surface area contributed by atoms with Crippen LogP contribution in [0.4, 0.5) is 13.2 Å². The molecule has 1 rings (SSSR count). The summed E-state index contributed by atoms with van der Waals surface area (Å²) in [5.74, 6) is 14.2. The van der Waals surface area contributed by atoms with Crippen LogP contribution < -0.4 is 0 Å². The highest BCUT2D eigenvalue weighted by Gasteiger charge is 2.64. The fourth-order valence-electron chi connectivity index (χ4n) is 4.25. The smallest absolute Gasteiger partial charge is 0.432 e. The minimum atomic E-state index is -5.04. The van der Waals surface area contributed by atoms with Crippen LogP contribution in [0.5, 0.6) is 0 Å². The van der Waals surface area contributed by atoms with Crippen molar-refractivity contribution in [1.82, 2.24) is 0 Å². The van der Waals surface area contributed by atoms with Gasteiger partial charge in [0, 0.05) is 25.0 Å². The molecule has 0 heterocycles. The minimum absolute atomic E-state index is 0.367. The summed E-state index contributed by atoms with van der Waals surface area (Å²) >= 11 is 0. The third-order valence-corrected chi connectivity index (χ3v) is 6.66. The molecule has 2 atom stereocenters. The molecular weight excluding hydrogens is 513 g/mol. The molecule has 0 N–H and O–H groups in total. The molecule has 1 aromatic rings. The number of rotatable bonds is 17. The van der Waals surface area contributed by atoms with Crippen molar-refractivity contribution < 1.29 is 27.4 Å². The lowest BCUT2D eigenvalue weighted by Crippen LogP contribution is -2.52. The van der Waals surface area contributed by atoms with Gasteiger partial charge in [0.2, 0.25) is 0 Å². The summed E-state index contributed by atoms with van der Waals surface area (Å²) in [5.41, 5.74) is -3.62. The van der Waals surface area contributed by atoms with Crippen LogP contribution in [-0.2, 0) is 19.9 Å². The largest absolute Gasteiger partial charge is 0.446 e. The van der Waals surface area contributed by atoms with Gasteiger partial charge < -0.3 is 9.47 Å². The first kappa shape index (κ1) is 35.1. The van der Waals surface area contributed by atoms with Crippen molar-refractivity contribution in [3.63, 3.8) is 0 Å². The first-order chi connectivity index (χ1) is 19.2. The third-order valence-electron chi connectivity index (χ3n) is 6.66. The normalized spacial score (nSPS) is 13.1. The van der Waals surface area contributed by atoms with Gasteiger partial charge in [-0.25, -0.2) is 4.79 Å². The summed E-state index contributed by atoms with van der Waals surface area (Å²) in [5, 5.41) is 0. The monoisotopic (exact) mass is 558 g/mol. The zero-order valence-electron chi connectivity index (χ0n) is 24.6. The van der Waals surface area contributed by atoms with E-state index in [1.54, 1.807) is 19.9 Å². The molecule has 0 saturated heterocycles. The number of carbonyl (C=O) groups excluding carboxylic acids is 1. The SMILES string of the molecule is CCCCCCCCCCCCCCC#CC#CC#C[C@H](OC(=O)[C@](OC)(c1ccccc1)C(F)(F)F)C(C)C. The Balaban J connectivity index is 2.51. The molecule has 0 fully saturated rings. The summed E-state index contributed by atoms with van der Waals surface area (Å²) in [6.07, 6.45) is 10.1. The number of hydrogen-bond donors (Lipinski definition) is 0. The molecule has 220 valence electrons. The van der Waals surface area contributed by atoms with E-state index in [0.29, 0.717) is 0 Å². The van der Waals surface area contributed by atoms with E-state index in [1.165, 1.54) is 88.5 Å². The number of carbonyl (C=O) groups is 1. The standard InChI is InChI=1S/C34H45F3O3/c1-5-6-7-8-9-10-11-12-13-14-15-16-17-18-19-20-21-25-28-31(29(2)3)40-32(38)33(39-4,34(35,36)37)30-26-23-22-24-27-30/h22-24,26-27,29,31H,5-17H2,1-4H3/t31-,33+/m0/s1. The van der Waals surface area contributed by atoms with Gasteiger partial charge in [-0.05, 0) is 36.0 Å². The molecular formula is C34H45F3O3. The lowest BCUT2D eigenvalue weighted by Gasteiger charge is -2.33. The fourth-order valence-corrected chi connectivity index (χ4v) is 4.25. The van der Waals surface area contributed by atoms with Crippen molar-refractivity contribution in [3.05, 3.63) is 35.9 Å². The van der Waals surface area contributed by atoms with Gasteiger partial charge in [0.1, 0.15) is 0 Å². The number of ether oxygens (including phenoxy) is 2. The van der Waals surface area contributed by atoms with Gasteiger partial charge >= 0.3 is 12.1 Å². The zero-order chi connectivity index (χ0) is 29.7. The molecule has 0 saturated carbocycles. The quantitative estimate of drug-likeness (QED) is 0.109. The minimum Gasteiger partial charge on any atom is -0.446 e. The predicted octanol–water partition coefficient (Wildman–Crippen LogP) is 8.76. The topological polar surface area (TPSA) is 35.5 Å². The van der Waals surface area contributed by atoms with E-state index in [4.69, 9.17) is 9.47 Å². The lowest BCUT2D eigenvalue weighted by molar-refractivity contribution is -0.277. The third kappa shape index (κ3) is 12.5. The maximum absolute atomic E-state index is 14.1. The van der Waals surface area contributed by atoms with Crippen LogP contribution in [0, 0.1) is 41.4 Å². The van der Waals surface area contributed by atoms with Gasteiger partial charge in [-0.2, -0.15) is 13.2 Å². The van der Waals surface area contributed by atoms with Crippen molar-refractivity contribution in [3.8, 4) is 35.5 Å². The summed E-state index contributed by atoms with van der Waals surface area (Å²) in [6, 6.07) is 6.70. The fraction of sp³-hybridized carbons (Fsp3) is 0.618. The predicted molar refractivity (Wildman–Crippen MR) is 155 cm³/mol. The molecule has 6 heteroatoms. The Kier molecular flexibility index (Phi) is 17.6. The number of esters is 1. The summed E-state index contributed by atoms with van der Waals surface area (Å²) < 4.78 is 52.3. The Labute approximate surface area is 240 Å². The van der Waals surface area contributed by atoms with Crippen molar-refractivity contribution >= 4 is 5.97 Å². The highest BCUT2D eigenvalue weighted by atomic mass is 19.4. The van der Waals surface area contributed by atoms with Gasteiger partial charge in [0.25, 0.3) is 5.60 Å². The summed E-state index contributed by atoms with van der Waals surface area (Å²) in [6.45, 7) is 5.63. The Hall–Kier alpha value is -2.88. The van der Waals surface area contributed by atoms with E-state index < -0.39 is 23.9 Å². The van der Waals surface area contributed by atoms with E-state index in [2.05, 4.69) is 42.4 Å². The Morgan fingerprint density at radius 2 is 1.32 bits per heavy atom. The van der Waals surface area contributed by atoms with Crippen LogP contribution in [0.25, 0.3) is 0 Å². The summed E-state index contributed by atoms with van der Waals surface area (Å²) in [7, 11) is 0.833. The second kappa shape index (κ2) is 20.1. The number of unbranched alkanes of at least 4 members (excludes halogenated alkanes) is 12. The van der Waals surface area contributed by atoms with E-state index in [1.807, 2.05) is 0 Å². The summed E-state index contributed by atoms with van der Waals surface area (Å²) in [4.78, 5) is 12.9. The van der Waals surface area contributed by atoms with Crippen molar-refractivity contribution in [2.75, 3.05) is 7.11 Å². The van der Waals surface area contributed by atoms with Crippen LogP contribution in [0.1, 0.15) is 110 Å². The van der Waals surface area contributed by atoms with E-state index in [0.717, 1.165) is 26.4 Å². The molecule has 0 aliphatic carbocycles. The molecule has 0 aromatic heterocycles. The van der Waals surface area contributed by atoms with E-state index in [9.17, 15) is 18.0 Å². The molecule has 0 radical (unpaired) electrons. The van der Waals surface area contributed by atoms with Crippen LogP contribution in [0.15, 0.2) is 30.3 Å². The Morgan fingerprint density at radius 1 is 0.800 bits per heavy atom. The average molecular weight is 559 g/mol. The van der Waals surface area contributed by atoms with Gasteiger partial charge in [-0.15, -0.1) is 0 Å². The van der Waals surface area contributed by atoms with E-state index in [-0.39, 0.29) is 11.5 Å². The van der Waals surface area contributed by atoms with Gasteiger partial charge in [-0.1, -0.05) is 128 Å². The van der Waals surface area contributed by atoms with Crippen molar-refractivity contribution in [2.45, 2.75) is 122 Å². The molecule has 3 nitrogen and oxygen atoms in total. The molecule has 1 aromatic carbocycles. The highest BCUT2D eigenvalue weighted by Crippen LogP contribution is 2.43. The Bertz CT molecular complexity index is 1030. The molecule has 0 bridgehead atoms. The molecule has 0 aliphatic heterocycles. The van der Waals surface area contributed by atoms with Gasteiger partial charge in [0.05, 0.1) is 0 Å². The number of halogens is 3.